The highest BCUT2D eigenvalue weighted by Crippen LogP contribution is 2.20. The van der Waals surface area contributed by atoms with Gasteiger partial charge in [0.15, 0.2) is 0 Å². The van der Waals surface area contributed by atoms with Crippen LogP contribution in [0.5, 0.6) is 0 Å². The molecule has 24 heavy (non-hydrogen) atoms. The van der Waals surface area contributed by atoms with Gasteiger partial charge in [0, 0.05) is 12.1 Å². The molecule has 0 atom stereocenters. The van der Waals surface area contributed by atoms with Crippen molar-refractivity contribution in [1.82, 2.24) is 15.1 Å². The van der Waals surface area contributed by atoms with E-state index in [2.05, 4.69) is 15.7 Å². The molecule has 2 N–H and O–H groups in total. The number of amides is 2. The Labute approximate surface area is 143 Å². The maximum absolute atomic E-state index is 13.5. The van der Waals surface area contributed by atoms with Gasteiger partial charge in [-0.25, -0.2) is 13.9 Å². The highest BCUT2D eigenvalue weighted by atomic mass is 35.5. The molecule has 0 saturated carbocycles. The van der Waals surface area contributed by atoms with E-state index in [0.717, 1.165) is 0 Å². The average molecular weight is 345 g/mol. The number of urea groups is 1. The Bertz CT molecular complexity index is 865. The molecule has 0 unspecified atom stereocenters. The number of para-hydroxylation sites is 1. The number of hydrogen-bond donors (Lipinski definition) is 2. The van der Waals surface area contributed by atoms with E-state index in [1.54, 1.807) is 35.1 Å². The second-order valence-corrected chi connectivity index (χ2v) is 5.43. The van der Waals surface area contributed by atoms with Crippen LogP contribution in [0.25, 0.3) is 5.69 Å². The van der Waals surface area contributed by atoms with Gasteiger partial charge in [-0.2, -0.15) is 5.10 Å². The summed E-state index contributed by atoms with van der Waals surface area (Å²) in [5.41, 5.74) is 1.62. The molecule has 3 rings (SSSR count). The van der Waals surface area contributed by atoms with Gasteiger partial charge in [0.25, 0.3) is 0 Å². The highest BCUT2D eigenvalue weighted by Gasteiger charge is 2.08. The van der Waals surface area contributed by atoms with Crippen LogP contribution in [0.4, 0.5) is 14.9 Å². The highest BCUT2D eigenvalue weighted by molar-refractivity contribution is 6.32. The lowest BCUT2D eigenvalue weighted by Crippen LogP contribution is -2.28. The van der Waals surface area contributed by atoms with Gasteiger partial charge in [-0.05, 0) is 18.2 Å². The topological polar surface area (TPSA) is 59.0 Å². The Hall–Kier alpha value is -2.86. The number of halogens is 2. The Kier molecular flexibility index (Phi) is 4.77. The van der Waals surface area contributed by atoms with E-state index < -0.39 is 6.03 Å². The number of benzene rings is 2. The van der Waals surface area contributed by atoms with Gasteiger partial charge >= 0.3 is 6.03 Å². The number of aromatic nitrogens is 2. The molecule has 2 amide bonds. The van der Waals surface area contributed by atoms with Gasteiger partial charge in [-0.15, -0.1) is 0 Å². The van der Waals surface area contributed by atoms with Crippen molar-refractivity contribution in [2.45, 2.75) is 6.54 Å². The lowest BCUT2D eigenvalue weighted by molar-refractivity contribution is 0.251. The van der Waals surface area contributed by atoms with Gasteiger partial charge in [0.2, 0.25) is 0 Å². The largest absolute Gasteiger partial charge is 0.334 e. The minimum absolute atomic E-state index is 0.0944. The molecule has 0 radical (unpaired) electrons. The van der Waals surface area contributed by atoms with Crippen molar-refractivity contribution in [1.29, 1.82) is 0 Å². The molecular formula is C17H14ClFN4O. The standard InChI is InChI=1S/C17H14ClFN4O/c18-14-6-2-4-8-16(14)23-11-13(10-21-23)22-17(24)20-9-12-5-1-3-7-15(12)19/h1-8,10-11H,9H2,(H2,20,22,24). The summed E-state index contributed by atoms with van der Waals surface area (Å²) >= 11 is 6.11. The molecule has 0 aliphatic rings. The summed E-state index contributed by atoms with van der Waals surface area (Å²) in [4.78, 5) is 11.9. The summed E-state index contributed by atoms with van der Waals surface area (Å²) in [5, 5.41) is 9.95. The molecule has 3 aromatic rings. The van der Waals surface area contributed by atoms with Crippen molar-refractivity contribution in [3.05, 3.63) is 77.3 Å². The summed E-state index contributed by atoms with van der Waals surface area (Å²) in [5.74, 6) is -0.357. The van der Waals surface area contributed by atoms with Crippen molar-refractivity contribution >= 4 is 23.3 Å². The van der Waals surface area contributed by atoms with Crippen LogP contribution >= 0.6 is 11.6 Å². The van der Waals surface area contributed by atoms with Crippen molar-refractivity contribution in [2.24, 2.45) is 0 Å². The second kappa shape index (κ2) is 7.14. The number of rotatable bonds is 4. The first-order chi connectivity index (χ1) is 11.6. The fourth-order valence-electron chi connectivity index (χ4n) is 2.15. The van der Waals surface area contributed by atoms with E-state index in [9.17, 15) is 9.18 Å². The monoisotopic (exact) mass is 344 g/mol. The zero-order chi connectivity index (χ0) is 16.9. The first kappa shape index (κ1) is 16.0. The van der Waals surface area contributed by atoms with E-state index in [0.29, 0.717) is 22.0 Å². The van der Waals surface area contributed by atoms with Crippen molar-refractivity contribution in [3.8, 4) is 5.69 Å². The van der Waals surface area contributed by atoms with Gasteiger partial charge in [-0.3, -0.25) is 0 Å². The zero-order valence-corrected chi connectivity index (χ0v) is 13.3. The van der Waals surface area contributed by atoms with Crippen LogP contribution < -0.4 is 10.6 Å². The van der Waals surface area contributed by atoms with E-state index in [4.69, 9.17) is 11.6 Å². The minimum Gasteiger partial charge on any atom is -0.334 e. The van der Waals surface area contributed by atoms with E-state index in [-0.39, 0.29) is 12.4 Å². The zero-order valence-electron chi connectivity index (χ0n) is 12.5. The Balaban J connectivity index is 1.62. The number of nitrogens with one attached hydrogen (secondary N) is 2. The third kappa shape index (κ3) is 3.72. The van der Waals surface area contributed by atoms with Gasteiger partial charge in [-0.1, -0.05) is 41.9 Å². The average Bonchev–Trinajstić information content (AvgIpc) is 3.03. The molecule has 0 bridgehead atoms. The van der Waals surface area contributed by atoms with Gasteiger partial charge < -0.3 is 10.6 Å². The van der Waals surface area contributed by atoms with Crippen molar-refractivity contribution in [2.75, 3.05) is 5.32 Å². The first-order valence-electron chi connectivity index (χ1n) is 7.21. The maximum Gasteiger partial charge on any atom is 0.319 e. The number of carbonyl (C=O) groups excluding carboxylic acids is 1. The van der Waals surface area contributed by atoms with Crippen LogP contribution in [-0.4, -0.2) is 15.8 Å². The van der Waals surface area contributed by atoms with Crippen LogP contribution in [0.2, 0.25) is 5.02 Å². The molecule has 122 valence electrons. The summed E-state index contributed by atoms with van der Waals surface area (Å²) in [6.07, 6.45) is 3.15. The second-order valence-electron chi connectivity index (χ2n) is 5.02. The molecular weight excluding hydrogens is 331 g/mol. The summed E-state index contributed by atoms with van der Waals surface area (Å²) in [7, 11) is 0. The molecule has 0 saturated heterocycles. The number of hydrogen-bond acceptors (Lipinski definition) is 2. The fraction of sp³-hybridized carbons (Fsp3) is 0.0588. The molecule has 7 heteroatoms. The first-order valence-corrected chi connectivity index (χ1v) is 7.59. The third-order valence-corrected chi connectivity index (χ3v) is 3.66. The van der Waals surface area contributed by atoms with Gasteiger partial charge in [0.1, 0.15) is 5.82 Å². The number of nitrogens with zero attached hydrogens (tertiary/aromatic N) is 2. The molecule has 0 aliphatic heterocycles. The van der Waals surface area contributed by atoms with Crippen molar-refractivity contribution < 1.29 is 9.18 Å². The van der Waals surface area contributed by atoms with Crippen LogP contribution in [0.1, 0.15) is 5.56 Å². The lowest BCUT2D eigenvalue weighted by atomic mass is 10.2. The molecule has 1 aromatic heterocycles. The summed E-state index contributed by atoms with van der Waals surface area (Å²) < 4.78 is 15.1. The number of carbonyl (C=O) groups is 1. The SMILES string of the molecule is O=C(NCc1ccccc1F)Nc1cnn(-c2ccccc2Cl)c1. The lowest BCUT2D eigenvalue weighted by Gasteiger charge is -2.07. The molecule has 0 spiro atoms. The summed E-state index contributed by atoms with van der Waals surface area (Å²) in [6, 6.07) is 13.1. The molecule has 2 aromatic carbocycles. The predicted octanol–water partition coefficient (Wildman–Crippen LogP) is 3.99. The van der Waals surface area contributed by atoms with Crippen LogP contribution in [0, 0.1) is 5.82 Å². The number of anilines is 1. The minimum atomic E-state index is -0.447. The third-order valence-electron chi connectivity index (χ3n) is 3.34. The Morgan fingerprint density at radius 2 is 1.92 bits per heavy atom. The molecule has 5 nitrogen and oxygen atoms in total. The van der Waals surface area contributed by atoms with Gasteiger partial charge in [0.05, 0.1) is 28.8 Å². The smallest absolute Gasteiger partial charge is 0.319 e. The van der Waals surface area contributed by atoms with E-state index >= 15 is 0 Å². The Morgan fingerprint density at radius 3 is 2.71 bits per heavy atom. The molecule has 0 aliphatic carbocycles. The van der Waals surface area contributed by atoms with Crippen molar-refractivity contribution in [3.63, 3.8) is 0 Å². The normalized spacial score (nSPS) is 10.4. The molecule has 0 fully saturated rings. The van der Waals surface area contributed by atoms with E-state index in [1.807, 2.05) is 18.2 Å². The molecule has 1 heterocycles. The van der Waals surface area contributed by atoms with Crippen LogP contribution in [-0.2, 0) is 6.54 Å². The fourth-order valence-corrected chi connectivity index (χ4v) is 2.37. The quantitative estimate of drug-likeness (QED) is 0.752. The van der Waals surface area contributed by atoms with Crippen LogP contribution in [0.3, 0.4) is 0 Å². The predicted molar refractivity (Wildman–Crippen MR) is 90.8 cm³/mol. The summed E-state index contributed by atoms with van der Waals surface area (Å²) in [6.45, 7) is 0.0944. The Morgan fingerprint density at radius 1 is 1.17 bits per heavy atom. The van der Waals surface area contributed by atoms with Crippen LogP contribution in [0.15, 0.2) is 60.9 Å². The maximum atomic E-state index is 13.5. The van der Waals surface area contributed by atoms with E-state index in [1.165, 1.54) is 12.3 Å².